The minimum absolute atomic E-state index is 0.0272. The molecule has 1 aromatic carbocycles. The van der Waals surface area contributed by atoms with Crippen LogP contribution in [0.15, 0.2) is 22.6 Å². The van der Waals surface area contributed by atoms with Crippen LogP contribution in [0.4, 0.5) is 5.69 Å². The molecule has 0 unspecified atom stereocenters. The number of nitrogens with one attached hydrogen (secondary N) is 2. The quantitative estimate of drug-likeness (QED) is 0.899. The van der Waals surface area contributed by atoms with Gasteiger partial charge in [-0.05, 0) is 38.0 Å². The summed E-state index contributed by atoms with van der Waals surface area (Å²) in [4.78, 5) is 36.6. The van der Waals surface area contributed by atoms with E-state index in [0.29, 0.717) is 46.5 Å². The van der Waals surface area contributed by atoms with Crippen molar-refractivity contribution < 1.29 is 18.8 Å². The fourth-order valence-electron chi connectivity index (χ4n) is 3.20. The predicted molar refractivity (Wildman–Crippen MR) is 93.2 cm³/mol. The highest BCUT2D eigenvalue weighted by Crippen LogP contribution is 2.30. The van der Waals surface area contributed by atoms with Crippen LogP contribution in [0.25, 0.3) is 0 Å². The lowest BCUT2D eigenvalue weighted by molar-refractivity contribution is 0.0957. The number of hydrogen-bond acceptors (Lipinski definition) is 4. The minimum atomic E-state index is -0.420. The molecule has 6 nitrogen and oxygen atoms in total. The average molecular weight is 340 g/mol. The van der Waals surface area contributed by atoms with Crippen molar-refractivity contribution in [3.8, 4) is 0 Å². The number of amides is 2. The molecule has 2 aromatic rings. The molecular weight excluding hydrogens is 320 g/mol. The summed E-state index contributed by atoms with van der Waals surface area (Å²) >= 11 is 0. The normalized spacial score (nSPS) is 13.3. The van der Waals surface area contributed by atoms with E-state index in [-0.39, 0.29) is 17.5 Å². The Labute approximate surface area is 145 Å². The minimum Gasteiger partial charge on any atom is -0.455 e. The van der Waals surface area contributed by atoms with Crippen LogP contribution in [0.2, 0.25) is 0 Å². The van der Waals surface area contributed by atoms with Gasteiger partial charge in [-0.15, -0.1) is 0 Å². The van der Waals surface area contributed by atoms with E-state index in [2.05, 4.69) is 10.6 Å². The van der Waals surface area contributed by atoms with E-state index < -0.39 is 5.91 Å². The summed E-state index contributed by atoms with van der Waals surface area (Å²) in [6.07, 6.45) is 1.90. The number of anilines is 1. The zero-order valence-corrected chi connectivity index (χ0v) is 14.5. The molecule has 6 heteroatoms. The number of furan rings is 1. The summed E-state index contributed by atoms with van der Waals surface area (Å²) in [5, 5.41) is 5.36. The molecule has 0 spiro atoms. The molecule has 2 amide bonds. The number of carbonyl (C=O) groups excluding carboxylic acids is 3. The summed E-state index contributed by atoms with van der Waals surface area (Å²) < 4.78 is 5.67. The Kier molecular flexibility index (Phi) is 4.44. The molecule has 2 N–H and O–H groups in total. The van der Waals surface area contributed by atoms with Crippen molar-refractivity contribution >= 4 is 23.3 Å². The molecule has 0 aliphatic heterocycles. The second-order valence-corrected chi connectivity index (χ2v) is 6.14. The van der Waals surface area contributed by atoms with Crippen LogP contribution in [0.5, 0.6) is 0 Å². The molecular formula is C19H20N2O4. The summed E-state index contributed by atoms with van der Waals surface area (Å²) in [5.41, 5.74) is 2.82. The van der Waals surface area contributed by atoms with Crippen molar-refractivity contribution in [2.45, 2.75) is 33.1 Å². The lowest BCUT2D eigenvalue weighted by Crippen LogP contribution is -2.20. The summed E-state index contributed by atoms with van der Waals surface area (Å²) in [5.74, 6) is 0.139. The van der Waals surface area contributed by atoms with Crippen molar-refractivity contribution in [2.75, 3.05) is 12.4 Å². The molecule has 0 fully saturated rings. The molecule has 1 heterocycles. The maximum atomic E-state index is 12.6. The Balaban J connectivity index is 1.92. The highest BCUT2D eigenvalue weighted by molar-refractivity contribution is 6.08. The van der Waals surface area contributed by atoms with E-state index in [1.807, 2.05) is 0 Å². The van der Waals surface area contributed by atoms with Gasteiger partial charge in [-0.25, -0.2) is 0 Å². The van der Waals surface area contributed by atoms with Crippen molar-refractivity contribution in [1.29, 1.82) is 0 Å². The van der Waals surface area contributed by atoms with Gasteiger partial charge in [-0.1, -0.05) is 6.07 Å². The Morgan fingerprint density at radius 3 is 2.52 bits per heavy atom. The first-order valence-corrected chi connectivity index (χ1v) is 8.22. The fraction of sp³-hybridized carbons (Fsp3) is 0.316. The molecule has 1 aliphatic rings. The summed E-state index contributed by atoms with van der Waals surface area (Å²) in [6.45, 7) is 3.50. The zero-order valence-electron chi connectivity index (χ0n) is 14.5. The molecule has 1 aliphatic carbocycles. The van der Waals surface area contributed by atoms with E-state index in [4.69, 9.17) is 4.42 Å². The van der Waals surface area contributed by atoms with Gasteiger partial charge in [0.25, 0.3) is 11.8 Å². The molecule has 0 bridgehead atoms. The molecule has 130 valence electrons. The number of benzene rings is 1. The third-order valence-electron chi connectivity index (χ3n) is 4.57. The number of carbonyl (C=O) groups is 3. The van der Waals surface area contributed by atoms with Gasteiger partial charge in [0.2, 0.25) is 0 Å². The van der Waals surface area contributed by atoms with E-state index in [0.717, 1.165) is 6.42 Å². The largest absolute Gasteiger partial charge is 0.455 e. The van der Waals surface area contributed by atoms with Gasteiger partial charge in [-0.3, -0.25) is 14.4 Å². The first-order valence-electron chi connectivity index (χ1n) is 8.22. The number of hydrogen-bond donors (Lipinski definition) is 2. The number of fused-ring (bicyclic) bond motifs is 1. The van der Waals surface area contributed by atoms with Crippen LogP contribution in [0.3, 0.4) is 0 Å². The number of rotatable bonds is 3. The molecule has 0 saturated carbocycles. The summed E-state index contributed by atoms with van der Waals surface area (Å²) in [6, 6.07) is 5.12. The van der Waals surface area contributed by atoms with Crippen LogP contribution in [-0.4, -0.2) is 24.6 Å². The molecule has 0 radical (unpaired) electrons. The maximum Gasteiger partial charge on any atom is 0.291 e. The van der Waals surface area contributed by atoms with Gasteiger partial charge < -0.3 is 15.1 Å². The third-order valence-corrected chi connectivity index (χ3v) is 4.57. The summed E-state index contributed by atoms with van der Waals surface area (Å²) in [7, 11) is 1.56. The molecule has 1 aromatic heterocycles. The second-order valence-electron chi connectivity index (χ2n) is 6.14. The van der Waals surface area contributed by atoms with E-state index in [1.165, 1.54) is 0 Å². The van der Waals surface area contributed by atoms with Gasteiger partial charge in [0.05, 0.1) is 5.56 Å². The maximum absolute atomic E-state index is 12.6. The van der Waals surface area contributed by atoms with Crippen LogP contribution >= 0.6 is 0 Å². The highest BCUT2D eigenvalue weighted by Gasteiger charge is 2.29. The van der Waals surface area contributed by atoms with Gasteiger partial charge in [0.15, 0.2) is 11.5 Å². The van der Waals surface area contributed by atoms with Crippen molar-refractivity contribution in [2.24, 2.45) is 0 Å². The van der Waals surface area contributed by atoms with Crippen LogP contribution in [0.1, 0.15) is 61.0 Å². The van der Waals surface area contributed by atoms with Gasteiger partial charge >= 0.3 is 0 Å². The third kappa shape index (κ3) is 2.95. The smallest absolute Gasteiger partial charge is 0.291 e. The lowest BCUT2D eigenvalue weighted by Gasteiger charge is -2.11. The standard InChI is InChI=1S/C19H20N2O4/c1-10-12(18(23)20-3)6-4-7-13(10)21-19(24)17-11(2)16-14(22)8-5-9-15(16)25-17/h4,6-7H,5,8-9H2,1-3H3,(H,20,23)(H,21,24). The van der Waals surface area contributed by atoms with E-state index >= 15 is 0 Å². The van der Waals surface area contributed by atoms with Gasteiger partial charge in [-0.2, -0.15) is 0 Å². The molecule has 3 rings (SSSR count). The van der Waals surface area contributed by atoms with Crippen molar-refractivity contribution in [1.82, 2.24) is 5.32 Å². The molecule has 25 heavy (non-hydrogen) atoms. The second kappa shape index (κ2) is 6.55. The Hall–Kier alpha value is -2.89. The van der Waals surface area contributed by atoms with Gasteiger partial charge in [0, 0.05) is 36.7 Å². The van der Waals surface area contributed by atoms with Crippen molar-refractivity contribution in [3.63, 3.8) is 0 Å². The SMILES string of the molecule is CNC(=O)c1cccc(NC(=O)c2oc3c(c2C)C(=O)CCC3)c1C. The first kappa shape index (κ1) is 17.0. The van der Waals surface area contributed by atoms with E-state index in [9.17, 15) is 14.4 Å². The van der Waals surface area contributed by atoms with Crippen LogP contribution in [0, 0.1) is 13.8 Å². The zero-order chi connectivity index (χ0) is 18.1. The Morgan fingerprint density at radius 2 is 1.84 bits per heavy atom. The highest BCUT2D eigenvalue weighted by atomic mass is 16.4. The van der Waals surface area contributed by atoms with E-state index in [1.54, 1.807) is 39.1 Å². The lowest BCUT2D eigenvalue weighted by atomic mass is 9.94. The van der Waals surface area contributed by atoms with Crippen LogP contribution < -0.4 is 10.6 Å². The van der Waals surface area contributed by atoms with Crippen LogP contribution in [-0.2, 0) is 6.42 Å². The Morgan fingerprint density at radius 1 is 1.08 bits per heavy atom. The average Bonchev–Trinajstić information content (AvgIpc) is 2.94. The number of ketones is 1. The number of Topliss-reactive ketones (excluding diaryl/α,β-unsaturated/α-hetero) is 1. The Bertz CT molecular complexity index is 880. The van der Waals surface area contributed by atoms with Crippen molar-refractivity contribution in [3.05, 3.63) is 52.0 Å². The fourth-order valence-corrected chi connectivity index (χ4v) is 3.20. The first-order chi connectivity index (χ1) is 11.9. The predicted octanol–water partition coefficient (Wildman–Crippen LogP) is 3.03. The number of aryl methyl sites for hydroxylation is 1. The molecule has 0 atom stereocenters. The van der Waals surface area contributed by atoms with Gasteiger partial charge in [0.1, 0.15) is 5.76 Å². The monoisotopic (exact) mass is 340 g/mol. The molecule has 0 saturated heterocycles. The topological polar surface area (TPSA) is 88.4 Å².